The Morgan fingerprint density at radius 2 is 2.00 bits per heavy atom. The molecule has 3 rings (SSSR count). The number of aldehydes is 1. The Kier molecular flexibility index (Phi) is 6.99. The highest BCUT2D eigenvalue weighted by atomic mass is 16.5. The molecule has 1 fully saturated rings. The topological polar surface area (TPSA) is 110 Å². The summed E-state index contributed by atoms with van der Waals surface area (Å²) in [6, 6.07) is 4.26. The number of nitrogens with zero attached hydrogens (tertiary/aromatic N) is 1. The van der Waals surface area contributed by atoms with E-state index in [4.69, 9.17) is 4.74 Å². The van der Waals surface area contributed by atoms with Gasteiger partial charge in [0.25, 0.3) is 5.91 Å². The number of ether oxygens (including phenoxy) is 1. The van der Waals surface area contributed by atoms with E-state index in [1.807, 2.05) is 6.08 Å². The summed E-state index contributed by atoms with van der Waals surface area (Å²) in [5.74, 6) is -1.79. The molecule has 1 aliphatic heterocycles. The third kappa shape index (κ3) is 4.73. The molecule has 8 nitrogen and oxygen atoms in total. The molecule has 0 bridgehead atoms. The van der Waals surface area contributed by atoms with Gasteiger partial charge in [-0.3, -0.25) is 29.3 Å². The van der Waals surface area contributed by atoms with E-state index in [9.17, 15) is 24.0 Å². The van der Waals surface area contributed by atoms with E-state index < -0.39 is 17.9 Å². The van der Waals surface area contributed by atoms with Gasteiger partial charge < -0.3 is 9.64 Å². The van der Waals surface area contributed by atoms with E-state index in [0.717, 1.165) is 5.57 Å². The molecule has 3 amide bonds. The minimum absolute atomic E-state index is 0.149. The molecule has 0 radical (unpaired) electrons. The van der Waals surface area contributed by atoms with Crippen molar-refractivity contribution in [3.05, 3.63) is 41.0 Å². The number of rotatable bonds is 6. The fourth-order valence-electron chi connectivity index (χ4n) is 4.10. The number of nitrogens with one attached hydrogen (secondary N) is 1. The van der Waals surface area contributed by atoms with Crippen LogP contribution in [0.2, 0.25) is 0 Å². The molecule has 0 aromatic heterocycles. The van der Waals surface area contributed by atoms with Crippen molar-refractivity contribution in [3.8, 4) is 0 Å². The third-order valence-corrected chi connectivity index (χ3v) is 5.81. The Hall–Kier alpha value is -3.29. The van der Waals surface area contributed by atoms with Gasteiger partial charge in [0, 0.05) is 19.0 Å². The van der Waals surface area contributed by atoms with Gasteiger partial charge in [-0.25, -0.2) is 0 Å². The maximum atomic E-state index is 13.4. The molecule has 2 unspecified atom stereocenters. The number of amides is 3. The smallest absolute Gasteiger partial charge is 0.309 e. The van der Waals surface area contributed by atoms with E-state index in [-0.39, 0.29) is 41.8 Å². The van der Waals surface area contributed by atoms with Gasteiger partial charge in [0.2, 0.25) is 11.8 Å². The van der Waals surface area contributed by atoms with Crippen LogP contribution in [0.3, 0.4) is 0 Å². The molecule has 0 spiro atoms. The zero-order chi connectivity index (χ0) is 22.5. The van der Waals surface area contributed by atoms with Crippen LogP contribution in [0.15, 0.2) is 24.3 Å². The third-order valence-electron chi connectivity index (χ3n) is 5.81. The number of benzene rings is 1. The summed E-state index contributed by atoms with van der Waals surface area (Å²) in [6.07, 6.45) is 4.57. The largest absolute Gasteiger partial charge is 0.466 e. The van der Waals surface area contributed by atoms with Gasteiger partial charge >= 0.3 is 5.97 Å². The Morgan fingerprint density at radius 1 is 1.23 bits per heavy atom. The van der Waals surface area contributed by atoms with Crippen LogP contribution in [-0.2, 0) is 19.1 Å². The lowest BCUT2D eigenvalue weighted by Gasteiger charge is -2.31. The van der Waals surface area contributed by atoms with Crippen molar-refractivity contribution in [1.82, 2.24) is 10.2 Å². The molecule has 1 aromatic rings. The second-order valence-corrected chi connectivity index (χ2v) is 7.72. The first kappa shape index (κ1) is 22.4. The van der Waals surface area contributed by atoms with Gasteiger partial charge in [-0.1, -0.05) is 24.3 Å². The van der Waals surface area contributed by atoms with Crippen molar-refractivity contribution in [2.75, 3.05) is 13.7 Å². The average Bonchev–Trinajstić information content (AvgIpc) is 2.78. The summed E-state index contributed by atoms with van der Waals surface area (Å²) < 4.78 is 5.10. The van der Waals surface area contributed by atoms with Crippen LogP contribution in [0, 0.1) is 5.92 Å². The zero-order valence-corrected chi connectivity index (χ0v) is 17.7. The van der Waals surface area contributed by atoms with Crippen molar-refractivity contribution in [2.45, 2.75) is 45.1 Å². The quantitative estimate of drug-likeness (QED) is 0.424. The SMILES string of the molecule is CCOC(=O)C1CC=C(c2cccc(C=O)c2C(=O)N(C)C2CCC(=O)NC2=O)CC1. The summed E-state index contributed by atoms with van der Waals surface area (Å²) in [7, 11) is 1.50. The lowest BCUT2D eigenvalue weighted by molar-refractivity contribution is -0.148. The van der Waals surface area contributed by atoms with Crippen LogP contribution < -0.4 is 5.32 Å². The fraction of sp³-hybridized carbons (Fsp3) is 0.435. The summed E-state index contributed by atoms with van der Waals surface area (Å²) in [5, 5.41) is 2.25. The lowest BCUT2D eigenvalue weighted by Crippen LogP contribution is -2.53. The first-order valence-electron chi connectivity index (χ1n) is 10.4. The minimum Gasteiger partial charge on any atom is -0.466 e. The molecule has 2 aliphatic rings. The van der Waals surface area contributed by atoms with Crippen LogP contribution in [0.5, 0.6) is 0 Å². The van der Waals surface area contributed by atoms with Gasteiger partial charge in [-0.2, -0.15) is 0 Å². The van der Waals surface area contributed by atoms with E-state index in [0.29, 0.717) is 37.7 Å². The highest BCUT2D eigenvalue weighted by Gasteiger charge is 2.34. The molecule has 1 aromatic carbocycles. The average molecular weight is 426 g/mol. The maximum Gasteiger partial charge on any atom is 0.309 e. The Labute approximate surface area is 180 Å². The monoisotopic (exact) mass is 426 g/mol. The molecule has 1 heterocycles. The molecular weight excluding hydrogens is 400 g/mol. The van der Waals surface area contributed by atoms with Crippen molar-refractivity contribution >= 4 is 35.6 Å². The van der Waals surface area contributed by atoms with Crippen LogP contribution >= 0.6 is 0 Å². The van der Waals surface area contributed by atoms with Gasteiger partial charge in [0.15, 0.2) is 6.29 Å². The highest BCUT2D eigenvalue weighted by Crippen LogP contribution is 2.34. The summed E-state index contributed by atoms with van der Waals surface area (Å²) in [4.78, 5) is 62.0. The van der Waals surface area contributed by atoms with Crippen molar-refractivity contribution < 1.29 is 28.7 Å². The first-order chi connectivity index (χ1) is 14.9. The lowest BCUT2D eigenvalue weighted by atomic mass is 9.84. The van der Waals surface area contributed by atoms with Crippen LogP contribution in [0.25, 0.3) is 5.57 Å². The number of imide groups is 1. The standard InChI is InChI=1S/C23H26N2O6/c1-3-31-23(30)15-9-7-14(8-10-15)17-6-4-5-16(13-26)20(17)22(29)25(2)18-11-12-19(27)24-21(18)28/h4-7,13,15,18H,3,8-12H2,1-2H3,(H,24,27,28). The number of likely N-dealkylation sites (N-methyl/N-ethyl adjacent to an activating group) is 1. The number of hydrogen-bond donors (Lipinski definition) is 1. The van der Waals surface area contributed by atoms with Crippen molar-refractivity contribution in [1.29, 1.82) is 0 Å². The van der Waals surface area contributed by atoms with E-state index in [1.165, 1.54) is 11.9 Å². The molecule has 8 heteroatoms. The van der Waals surface area contributed by atoms with E-state index in [1.54, 1.807) is 25.1 Å². The molecule has 1 aliphatic carbocycles. The number of esters is 1. The number of carbonyl (C=O) groups is 5. The molecule has 31 heavy (non-hydrogen) atoms. The minimum atomic E-state index is -0.786. The Bertz CT molecular complexity index is 951. The number of carbonyl (C=O) groups excluding carboxylic acids is 5. The first-order valence-corrected chi connectivity index (χ1v) is 10.4. The Balaban J connectivity index is 1.90. The predicted octanol–water partition coefficient (Wildman–Crippen LogP) is 2.12. The molecule has 1 saturated heterocycles. The zero-order valence-electron chi connectivity index (χ0n) is 17.7. The fourth-order valence-corrected chi connectivity index (χ4v) is 4.10. The van der Waals surface area contributed by atoms with Crippen LogP contribution in [0.1, 0.15) is 65.3 Å². The second kappa shape index (κ2) is 9.68. The number of hydrogen-bond acceptors (Lipinski definition) is 6. The number of piperidine rings is 1. The van der Waals surface area contributed by atoms with Gasteiger partial charge in [0.1, 0.15) is 6.04 Å². The van der Waals surface area contributed by atoms with Crippen LogP contribution in [0.4, 0.5) is 0 Å². The van der Waals surface area contributed by atoms with E-state index in [2.05, 4.69) is 5.32 Å². The van der Waals surface area contributed by atoms with Crippen LogP contribution in [-0.4, -0.2) is 54.6 Å². The molecule has 164 valence electrons. The normalized spacial score (nSPS) is 21.0. The van der Waals surface area contributed by atoms with Gasteiger partial charge in [-0.15, -0.1) is 0 Å². The van der Waals surface area contributed by atoms with E-state index >= 15 is 0 Å². The predicted molar refractivity (Wildman–Crippen MR) is 112 cm³/mol. The summed E-state index contributed by atoms with van der Waals surface area (Å²) >= 11 is 0. The summed E-state index contributed by atoms with van der Waals surface area (Å²) in [5.41, 5.74) is 1.96. The second-order valence-electron chi connectivity index (χ2n) is 7.72. The number of allylic oxidation sites excluding steroid dienone is 2. The van der Waals surface area contributed by atoms with Crippen molar-refractivity contribution in [3.63, 3.8) is 0 Å². The molecule has 2 atom stereocenters. The summed E-state index contributed by atoms with van der Waals surface area (Å²) in [6.45, 7) is 2.10. The van der Waals surface area contributed by atoms with Gasteiger partial charge in [-0.05, 0) is 43.7 Å². The highest BCUT2D eigenvalue weighted by molar-refractivity contribution is 6.08. The molecule has 1 N–H and O–H groups in total. The molecule has 0 saturated carbocycles. The van der Waals surface area contributed by atoms with Gasteiger partial charge in [0.05, 0.1) is 18.1 Å². The Morgan fingerprint density at radius 3 is 2.61 bits per heavy atom. The van der Waals surface area contributed by atoms with Crippen molar-refractivity contribution in [2.24, 2.45) is 5.92 Å². The molecular formula is C23H26N2O6. The maximum absolute atomic E-state index is 13.4.